The van der Waals surface area contributed by atoms with Crippen molar-refractivity contribution in [3.05, 3.63) is 18.2 Å². The molecule has 100 valence electrons. The molecule has 2 rings (SSSR count). The third kappa shape index (κ3) is 3.29. The van der Waals surface area contributed by atoms with Gasteiger partial charge in [0.25, 0.3) is 0 Å². The van der Waals surface area contributed by atoms with Crippen molar-refractivity contribution in [1.82, 2.24) is 0 Å². The molecule has 1 aliphatic heterocycles. The summed E-state index contributed by atoms with van der Waals surface area (Å²) in [7, 11) is -1.27. The SMILES string of the molecule is COc1ccc2c(c1)NCC(CCS(C)(=O)=O)N2. The first-order valence-corrected chi connectivity index (χ1v) is 7.90. The van der Waals surface area contributed by atoms with Crippen molar-refractivity contribution < 1.29 is 13.2 Å². The molecule has 0 bridgehead atoms. The second-order valence-corrected chi connectivity index (χ2v) is 6.81. The standard InChI is InChI=1S/C12H18N2O3S/c1-17-10-3-4-11-12(7-10)13-8-9(14-11)5-6-18(2,15)16/h3-4,7,9,13-14H,5-6,8H2,1-2H3. The summed E-state index contributed by atoms with van der Waals surface area (Å²) in [6, 6.07) is 5.88. The number of sulfone groups is 1. The van der Waals surface area contributed by atoms with Crippen molar-refractivity contribution in [3.63, 3.8) is 0 Å². The summed E-state index contributed by atoms with van der Waals surface area (Å²) in [5, 5.41) is 6.62. The Morgan fingerprint density at radius 3 is 2.83 bits per heavy atom. The van der Waals surface area contributed by atoms with Crippen molar-refractivity contribution in [1.29, 1.82) is 0 Å². The van der Waals surface area contributed by atoms with Crippen LogP contribution in [0.1, 0.15) is 6.42 Å². The topological polar surface area (TPSA) is 67.4 Å². The van der Waals surface area contributed by atoms with Gasteiger partial charge in [-0.2, -0.15) is 0 Å². The molecule has 2 N–H and O–H groups in total. The zero-order chi connectivity index (χ0) is 13.2. The Hall–Kier alpha value is -1.43. The van der Waals surface area contributed by atoms with E-state index >= 15 is 0 Å². The molecule has 6 heteroatoms. The number of ether oxygens (including phenoxy) is 1. The molecule has 0 aliphatic carbocycles. The fraction of sp³-hybridized carbons (Fsp3) is 0.500. The second-order valence-electron chi connectivity index (χ2n) is 4.55. The van der Waals surface area contributed by atoms with Gasteiger partial charge in [0, 0.05) is 24.9 Å². The Morgan fingerprint density at radius 2 is 2.17 bits per heavy atom. The van der Waals surface area contributed by atoms with Crippen LogP contribution in [0.4, 0.5) is 11.4 Å². The number of rotatable bonds is 4. The summed E-state index contributed by atoms with van der Waals surface area (Å²) in [5.41, 5.74) is 1.98. The minimum atomic E-state index is -2.90. The van der Waals surface area contributed by atoms with Crippen LogP contribution in [0.5, 0.6) is 5.75 Å². The Balaban J connectivity index is 2.02. The highest BCUT2D eigenvalue weighted by molar-refractivity contribution is 7.90. The molecule has 1 unspecified atom stereocenters. The summed E-state index contributed by atoms with van der Waals surface area (Å²) in [6.07, 6.45) is 1.87. The molecule has 0 fully saturated rings. The van der Waals surface area contributed by atoms with Crippen molar-refractivity contribution in [2.75, 3.05) is 36.3 Å². The molecule has 0 spiro atoms. The fourth-order valence-electron chi connectivity index (χ4n) is 1.96. The molecule has 5 nitrogen and oxygen atoms in total. The first-order valence-electron chi connectivity index (χ1n) is 5.84. The maximum atomic E-state index is 11.1. The number of benzene rings is 1. The molecule has 1 heterocycles. The minimum absolute atomic E-state index is 0.139. The minimum Gasteiger partial charge on any atom is -0.497 e. The predicted molar refractivity (Wildman–Crippen MR) is 73.2 cm³/mol. The van der Waals surface area contributed by atoms with Crippen molar-refractivity contribution in [2.45, 2.75) is 12.5 Å². The van der Waals surface area contributed by atoms with Gasteiger partial charge in [-0.3, -0.25) is 0 Å². The summed E-state index contributed by atoms with van der Waals surface area (Å²) < 4.78 is 27.4. The molecule has 1 aliphatic rings. The first-order chi connectivity index (χ1) is 8.48. The van der Waals surface area contributed by atoms with Crippen LogP contribution in [0, 0.1) is 0 Å². The van der Waals surface area contributed by atoms with E-state index in [0.29, 0.717) is 6.42 Å². The molecule has 18 heavy (non-hydrogen) atoms. The number of fused-ring (bicyclic) bond motifs is 1. The van der Waals surface area contributed by atoms with Crippen molar-refractivity contribution >= 4 is 21.2 Å². The van der Waals surface area contributed by atoms with E-state index in [2.05, 4.69) is 10.6 Å². The van der Waals surface area contributed by atoms with E-state index in [1.807, 2.05) is 18.2 Å². The first kappa shape index (κ1) is 13.0. The molecular formula is C12H18N2O3S. The molecule has 0 aromatic heterocycles. The van der Waals surface area contributed by atoms with Crippen LogP contribution >= 0.6 is 0 Å². The molecule has 1 aromatic carbocycles. The van der Waals surface area contributed by atoms with Crippen LogP contribution in [-0.2, 0) is 9.84 Å². The van der Waals surface area contributed by atoms with Gasteiger partial charge in [-0.15, -0.1) is 0 Å². The second kappa shape index (κ2) is 5.06. The number of methoxy groups -OCH3 is 1. The van der Waals surface area contributed by atoms with Gasteiger partial charge in [-0.25, -0.2) is 8.42 Å². The fourth-order valence-corrected chi connectivity index (χ4v) is 2.67. The number of hydrogen-bond donors (Lipinski definition) is 2. The number of anilines is 2. The number of hydrogen-bond acceptors (Lipinski definition) is 5. The van der Waals surface area contributed by atoms with Crippen LogP contribution < -0.4 is 15.4 Å². The van der Waals surface area contributed by atoms with Gasteiger partial charge in [0.05, 0.1) is 24.2 Å². The van der Waals surface area contributed by atoms with Gasteiger partial charge >= 0.3 is 0 Å². The van der Waals surface area contributed by atoms with Crippen LogP contribution in [0.3, 0.4) is 0 Å². The Bertz CT molecular complexity index is 528. The molecule has 0 radical (unpaired) electrons. The highest BCUT2D eigenvalue weighted by Gasteiger charge is 2.18. The van der Waals surface area contributed by atoms with Crippen LogP contribution in [0.2, 0.25) is 0 Å². The molecule has 0 amide bonds. The summed E-state index contributed by atoms with van der Waals surface area (Å²) >= 11 is 0. The Morgan fingerprint density at radius 1 is 1.39 bits per heavy atom. The van der Waals surface area contributed by atoms with Gasteiger partial charge in [0.1, 0.15) is 15.6 Å². The predicted octanol–water partition coefficient (Wildman–Crippen LogP) is 1.34. The zero-order valence-electron chi connectivity index (χ0n) is 10.6. The monoisotopic (exact) mass is 270 g/mol. The third-order valence-corrected chi connectivity index (χ3v) is 3.94. The molecule has 1 aromatic rings. The van der Waals surface area contributed by atoms with Gasteiger partial charge in [0.15, 0.2) is 0 Å². The van der Waals surface area contributed by atoms with Gasteiger partial charge in [0.2, 0.25) is 0 Å². The zero-order valence-corrected chi connectivity index (χ0v) is 11.4. The smallest absolute Gasteiger partial charge is 0.147 e. The van der Waals surface area contributed by atoms with E-state index in [1.54, 1.807) is 7.11 Å². The highest BCUT2D eigenvalue weighted by atomic mass is 32.2. The lowest BCUT2D eigenvalue weighted by Gasteiger charge is -2.28. The quantitative estimate of drug-likeness (QED) is 0.864. The average molecular weight is 270 g/mol. The summed E-state index contributed by atoms with van der Waals surface area (Å²) in [4.78, 5) is 0. The molecule has 1 atom stereocenters. The van der Waals surface area contributed by atoms with Gasteiger partial charge in [-0.1, -0.05) is 0 Å². The van der Waals surface area contributed by atoms with E-state index in [9.17, 15) is 8.42 Å². The van der Waals surface area contributed by atoms with E-state index < -0.39 is 9.84 Å². The lowest BCUT2D eigenvalue weighted by molar-refractivity contribution is 0.415. The van der Waals surface area contributed by atoms with E-state index in [-0.39, 0.29) is 11.8 Å². The van der Waals surface area contributed by atoms with Gasteiger partial charge < -0.3 is 15.4 Å². The largest absolute Gasteiger partial charge is 0.497 e. The van der Waals surface area contributed by atoms with Crippen molar-refractivity contribution in [3.8, 4) is 5.75 Å². The van der Waals surface area contributed by atoms with Crippen LogP contribution in [0.25, 0.3) is 0 Å². The summed E-state index contributed by atoms with van der Waals surface area (Å²) in [6.45, 7) is 0.718. The van der Waals surface area contributed by atoms with E-state index in [1.165, 1.54) is 6.26 Å². The van der Waals surface area contributed by atoms with E-state index in [0.717, 1.165) is 23.7 Å². The molecule has 0 saturated heterocycles. The van der Waals surface area contributed by atoms with Crippen LogP contribution in [-0.4, -0.2) is 40.1 Å². The van der Waals surface area contributed by atoms with Crippen LogP contribution in [0.15, 0.2) is 18.2 Å². The lowest BCUT2D eigenvalue weighted by atomic mass is 10.1. The molecule has 0 saturated carbocycles. The summed E-state index contributed by atoms with van der Waals surface area (Å²) in [5.74, 6) is 1.01. The van der Waals surface area contributed by atoms with E-state index in [4.69, 9.17) is 4.74 Å². The van der Waals surface area contributed by atoms with Crippen molar-refractivity contribution in [2.24, 2.45) is 0 Å². The maximum absolute atomic E-state index is 11.1. The normalized spacial score (nSPS) is 18.4. The number of nitrogens with one attached hydrogen (secondary N) is 2. The Kier molecular flexibility index (Phi) is 3.65. The molecular weight excluding hydrogens is 252 g/mol. The Labute approximate surface area is 107 Å². The lowest BCUT2D eigenvalue weighted by Crippen LogP contribution is -2.34. The average Bonchev–Trinajstić information content (AvgIpc) is 2.34. The van der Waals surface area contributed by atoms with Gasteiger partial charge in [-0.05, 0) is 18.6 Å². The third-order valence-electron chi connectivity index (χ3n) is 2.96. The maximum Gasteiger partial charge on any atom is 0.147 e. The highest BCUT2D eigenvalue weighted by Crippen LogP contribution is 2.30.